The van der Waals surface area contributed by atoms with Gasteiger partial charge in [0.05, 0.1) is 44.1 Å². The maximum absolute atomic E-state index is 2.71. The number of aryl methyl sites for hydroxylation is 1. The lowest BCUT2D eigenvalue weighted by Gasteiger charge is -2.32. The number of imidazole rings is 2. The van der Waals surface area contributed by atoms with Gasteiger partial charge in [-0.1, -0.05) is 146 Å². The predicted molar refractivity (Wildman–Crippen MR) is 296 cm³/mol. The van der Waals surface area contributed by atoms with Gasteiger partial charge in [0.25, 0.3) is 6.71 Å². The molecule has 2 aliphatic heterocycles. The third-order valence-electron chi connectivity index (χ3n) is 17.2. The van der Waals surface area contributed by atoms with Gasteiger partial charge >= 0.3 is 0 Å². The van der Waals surface area contributed by atoms with Gasteiger partial charge in [-0.15, -0.1) is 0 Å². The average molecular weight is 902 g/mol. The summed E-state index contributed by atoms with van der Waals surface area (Å²) in [5, 5.41) is 5.22. The molecule has 0 amide bonds. The molecule has 5 aromatic heterocycles. The van der Waals surface area contributed by atoms with Crippen molar-refractivity contribution in [3.8, 4) is 28.2 Å². The van der Waals surface area contributed by atoms with Gasteiger partial charge in [-0.2, -0.15) is 0 Å². The molecule has 0 bridgehead atoms. The fraction of sp³-hybridized carbons (Fsp3) is 0.188. The minimum Gasteiger partial charge on any atom is -0.309 e. The number of rotatable bonds is 1. The Labute approximate surface area is 406 Å². The van der Waals surface area contributed by atoms with Crippen LogP contribution in [0.5, 0.6) is 0 Å². The normalized spacial score (nSPS) is 14.7. The Hall–Kier alpha value is -7.70. The van der Waals surface area contributed by atoms with Gasteiger partial charge in [0.1, 0.15) is 11.3 Å². The summed E-state index contributed by atoms with van der Waals surface area (Å²) in [5.74, 6) is 0. The van der Waals surface area contributed by atoms with Crippen molar-refractivity contribution in [2.24, 2.45) is 0 Å². The van der Waals surface area contributed by atoms with Crippen molar-refractivity contribution < 1.29 is 0 Å². The van der Waals surface area contributed by atoms with Gasteiger partial charge in [0.2, 0.25) is 0 Å². The lowest BCUT2D eigenvalue weighted by molar-refractivity contribution is 0.590. The first-order valence-electron chi connectivity index (χ1n) is 25.2. The molecule has 0 saturated heterocycles. The van der Waals surface area contributed by atoms with Crippen LogP contribution in [-0.2, 0) is 16.2 Å². The van der Waals surface area contributed by atoms with Crippen molar-refractivity contribution in [1.29, 1.82) is 0 Å². The molecule has 0 spiro atoms. The Morgan fingerprint density at radius 2 is 1.00 bits per heavy atom. The number of fused-ring (bicyclic) bond motifs is 24. The highest BCUT2D eigenvalue weighted by Gasteiger charge is 2.47. The Bertz CT molecular complexity index is 4580. The lowest BCUT2D eigenvalue weighted by atomic mass is 9.34. The van der Waals surface area contributed by atoms with E-state index >= 15 is 0 Å². The fourth-order valence-electron chi connectivity index (χ4n) is 14.0. The first-order valence-corrected chi connectivity index (χ1v) is 25.2. The van der Waals surface area contributed by atoms with E-state index in [2.05, 4.69) is 236 Å². The highest BCUT2D eigenvalue weighted by molar-refractivity contribution is 7.02. The number of nitrogens with zero attached hydrogens (tertiary/aromatic N) is 5. The molecular weight excluding hydrogens is 850 g/mol. The molecule has 70 heavy (non-hydrogen) atoms. The molecule has 8 aromatic carbocycles. The van der Waals surface area contributed by atoms with Gasteiger partial charge < -0.3 is 4.57 Å². The van der Waals surface area contributed by atoms with Gasteiger partial charge in [-0.3, -0.25) is 17.9 Å². The molecule has 5 nitrogen and oxygen atoms in total. The first-order chi connectivity index (χ1) is 33.7. The van der Waals surface area contributed by atoms with Gasteiger partial charge in [-0.05, 0) is 139 Å². The minimum absolute atomic E-state index is 0.0261. The van der Waals surface area contributed by atoms with Crippen LogP contribution in [0.2, 0.25) is 0 Å². The van der Waals surface area contributed by atoms with Crippen LogP contribution in [0.4, 0.5) is 0 Å². The largest absolute Gasteiger partial charge is 0.309 e. The summed E-state index contributed by atoms with van der Waals surface area (Å²) >= 11 is 0. The van der Waals surface area contributed by atoms with E-state index in [1.807, 2.05) is 0 Å². The monoisotopic (exact) mass is 901 g/mol. The summed E-state index contributed by atoms with van der Waals surface area (Å²) in [6.07, 6.45) is 0. The Morgan fingerprint density at radius 3 is 1.66 bits per heavy atom. The first kappa shape index (κ1) is 39.2. The Balaban J connectivity index is 1.16. The molecule has 1 aliphatic carbocycles. The molecule has 0 unspecified atom stereocenters. The molecule has 3 aliphatic rings. The molecule has 0 radical (unpaired) electrons. The van der Waals surface area contributed by atoms with Crippen LogP contribution in [0.25, 0.3) is 105 Å². The van der Waals surface area contributed by atoms with Gasteiger partial charge in [-0.25, -0.2) is 0 Å². The number of hydrogen-bond acceptors (Lipinski definition) is 0. The van der Waals surface area contributed by atoms with E-state index in [9.17, 15) is 0 Å². The van der Waals surface area contributed by atoms with Crippen molar-refractivity contribution in [2.45, 2.75) is 78.6 Å². The lowest BCUT2D eigenvalue weighted by Crippen LogP contribution is -2.59. The predicted octanol–water partition coefficient (Wildman–Crippen LogP) is 13.8. The van der Waals surface area contributed by atoms with Crippen LogP contribution < -0.4 is 16.4 Å². The van der Waals surface area contributed by atoms with Crippen LogP contribution >= 0.6 is 0 Å². The standard InChI is InChI=1S/C64H52BN5/c1-35-31-51-57-52(32-35)68-47-29-24-37(63(5,6)7)34-50(47)70-59-42(26-30-48-54(59)40-20-14-16-22-45(40)66(48)38-17-11-10-12-18-38)56(61(68)70)65(57)55-41-25-27-44-53(39-19-13-15-21-43(39)64(44,8)9)58(41)69-49-33-36(62(2,3)4)23-28-46(49)67(51)60(55)69/h10-34H,1-9H3. The van der Waals surface area contributed by atoms with E-state index in [-0.39, 0.29) is 23.0 Å². The molecule has 16 rings (SSSR count). The van der Waals surface area contributed by atoms with Crippen LogP contribution in [-0.4, -0.2) is 29.2 Å². The molecule has 13 aromatic rings. The van der Waals surface area contributed by atoms with Crippen LogP contribution in [0.15, 0.2) is 152 Å². The molecule has 0 fully saturated rings. The minimum atomic E-state index is -0.139. The van der Waals surface area contributed by atoms with Crippen LogP contribution in [0.3, 0.4) is 0 Å². The van der Waals surface area contributed by atoms with E-state index in [0.29, 0.717) is 0 Å². The van der Waals surface area contributed by atoms with Crippen molar-refractivity contribution in [3.63, 3.8) is 0 Å². The van der Waals surface area contributed by atoms with E-state index in [1.54, 1.807) is 0 Å². The number of para-hydroxylation sites is 2. The summed E-state index contributed by atoms with van der Waals surface area (Å²) in [7, 11) is 0. The average Bonchev–Trinajstić information content (AvgIpc) is 4.17. The molecule has 7 heterocycles. The summed E-state index contributed by atoms with van der Waals surface area (Å²) < 4.78 is 13.2. The summed E-state index contributed by atoms with van der Waals surface area (Å²) in [6, 6.07) is 58.7. The topological polar surface area (TPSA) is 23.6 Å². The van der Waals surface area contributed by atoms with E-state index in [0.717, 1.165) is 0 Å². The van der Waals surface area contributed by atoms with E-state index in [4.69, 9.17) is 0 Å². The molecule has 0 N–H and O–H groups in total. The van der Waals surface area contributed by atoms with E-state index in [1.165, 1.54) is 149 Å². The highest BCUT2D eigenvalue weighted by atomic mass is 15.2. The number of hydrogen-bond donors (Lipinski definition) is 0. The molecule has 0 atom stereocenters. The maximum atomic E-state index is 2.71. The molecule has 6 heteroatoms. The second-order valence-corrected chi connectivity index (χ2v) is 23.5. The van der Waals surface area contributed by atoms with Crippen molar-refractivity contribution >= 4 is 100 Å². The smallest absolute Gasteiger partial charge is 0.258 e. The third kappa shape index (κ3) is 4.45. The maximum Gasteiger partial charge on any atom is 0.258 e. The summed E-state index contributed by atoms with van der Waals surface area (Å²) in [5.41, 5.74) is 29.8. The quantitative estimate of drug-likeness (QED) is 0.147. The number of benzene rings is 8. The van der Waals surface area contributed by atoms with Crippen molar-refractivity contribution in [2.75, 3.05) is 0 Å². The fourth-order valence-corrected chi connectivity index (χ4v) is 14.0. The van der Waals surface area contributed by atoms with Crippen LogP contribution in [0.1, 0.15) is 83.2 Å². The third-order valence-corrected chi connectivity index (χ3v) is 17.2. The van der Waals surface area contributed by atoms with Gasteiger partial charge in [0.15, 0.2) is 0 Å². The zero-order valence-corrected chi connectivity index (χ0v) is 41.2. The van der Waals surface area contributed by atoms with Crippen LogP contribution in [0, 0.1) is 6.92 Å². The molecule has 0 saturated carbocycles. The second-order valence-electron chi connectivity index (χ2n) is 23.5. The van der Waals surface area contributed by atoms with Crippen molar-refractivity contribution in [1.82, 2.24) is 22.5 Å². The zero-order chi connectivity index (χ0) is 47.2. The van der Waals surface area contributed by atoms with E-state index < -0.39 is 0 Å². The Morgan fingerprint density at radius 1 is 0.443 bits per heavy atom. The molecule has 336 valence electrons. The molecular formula is C64H52BN5. The SMILES string of the molecule is Cc1cc2c3c(c1)-n1c4ccc(C(C)(C)C)cc4n4c5c(ccc6c5c5ccccc5n6-c5ccccc5)c(c14)B3c1c3ccc4c(c3n3c5cc(C(C)(C)C)ccc5n-2c13)-c1ccccc1C4(C)C. The summed E-state index contributed by atoms with van der Waals surface area (Å²) in [4.78, 5) is 0. The summed E-state index contributed by atoms with van der Waals surface area (Å²) in [6.45, 7) is 21.2. The second kappa shape index (κ2) is 12.4. The van der Waals surface area contributed by atoms with Gasteiger partial charge in [0, 0.05) is 38.8 Å². The Kier molecular flexibility index (Phi) is 6.92. The highest BCUT2D eigenvalue weighted by Crippen LogP contribution is 2.53. The van der Waals surface area contributed by atoms with Crippen molar-refractivity contribution in [3.05, 3.63) is 179 Å². The number of aromatic nitrogens is 5. The zero-order valence-electron chi connectivity index (χ0n) is 41.2.